The van der Waals surface area contributed by atoms with Gasteiger partial charge in [-0.25, -0.2) is 0 Å². The molecule has 1 amide bonds. The first-order valence-electron chi connectivity index (χ1n) is 7.38. The van der Waals surface area contributed by atoms with Gasteiger partial charge in [0.15, 0.2) is 0 Å². The second kappa shape index (κ2) is 7.62. The van der Waals surface area contributed by atoms with Gasteiger partial charge in [-0.3, -0.25) is 9.59 Å². The SMILES string of the molecule is COCC(C)CC(=O)N(C)C1(CC(=O)O)CCCCC1. The van der Waals surface area contributed by atoms with E-state index in [0.29, 0.717) is 13.0 Å². The zero-order valence-corrected chi connectivity index (χ0v) is 12.9. The monoisotopic (exact) mass is 285 g/mol. The molecular weight excluding hydrogens is 258 g/mol. The fraction of sp³-hybridized carbons (Fsp3) is 0.867. The number of ether oxygens (including phenoxy) is 1. The Labute approximate surface area is 121 Å². The number of methoxy groups -OCH3 is 1. The van der Waals surface area contributed by atoms with Gasteiger partial charge in [-0.1, -0.05) is 26.2 Å². The van der Waals surface area contributed by atoms with Crippen LogP contribution in [0.3, 0.4) is 0 Å². The van der Waals surface area contributed by atoms with Crippen LogP contribution in [0.4, 0.5) is 0 Å². The highest BCUT2D eigenvalue weighted by Gasteiger charge is 2.40. The summed E-state index contributed by atoms with van der Waals surface area (Å²) in [4.78, 5) is 25.3. The van der Waals surface area contributed by atoms with Gasteiger partial charge in [0.1, 0.15) is 0 Å². The average Bonchev–Trinajstić information content (AvgIpc) is 2.38. The Morgan fingerprint density at radius 3 is 2.40 bits per heavy atom. The molecule has 1 N–H and O–H groups in total. The zero-order chi connectivity index (χ0) is 15.2. The third-order valence-corrected chi connectivity index (χ3v) is 4.32. The fourth-order valence-electron chi connectivity index (χ4n) is 3.17. The molecule has 0 saturated heterocycles. The van der Waals surface area contributed by atoms with Crippen molar-refractivity contribution in [1.82, 2.24) is 4.90 Å². The van der Waals surface area contributed by atoms with Gasteiger partial charge in [0.2, 0.25) is 5.91 Å². The highest BCUT2D eigenvalue weighted by atomic mass is 16.5. The van der Waals surface area contributed by atoms with Gasteiger partial charge in [0.25, 0.3) is 0 Å². The van der Waals surface area contributed by atoms with E-state index in [-0.39, 0.29) is 18.2 Å². The number of carbonyl (C=O) groups is 2. The van der Waals surface area contributed by atoms with Crippen LogP contribution in [0.1, 0.15) is 51.9 Å². The number of hydrogen-bond donors (Lipinski definition) is 1. The maximum atomic E-state index is 12.4. The van der Waals surface area contributed by atoms with E-state index in [9.17, 15) is 9.59 Å². The molecule has 5 nitrogen and oxygen atoms in total. The Bertz CT molecular complexity index is 337. The molecule has 0 heterocycles. The van der Waals surface area contributed by atoms with Crippen molar-refractivity contribution in [2.75, 3.05) is 20.8 Å². The third kappa shape index (κ3) is 4.47. The van der Waals surface area contributed by atoms with E-state index in [1.54, 1.807) is 19.1 Å². The van der Waals surface area contributed by atoms with Crippen LogP contribution in [0, 0.1) is 5.92 Å². The maximum Gasteiger partial charge on any atom is 0.305 e. The van der Waals surface area contributed by atoms with Crippen LogP contribution >= 0.6 is 0 Å². The molecule has 0 bridgehead atoms. The van der Waals surface area contributed by atoms with Crippen LogP contribution in [0.15, 0.2) is 0 Å². The molecule has 1 saturated carbocycles. The maximum absolute atomic E-state index is 12.4. The lowest BCUT2D eigenvalue weighted by Crippen LogP contribution is -2.52. The van der Waals surface area contributed by atoms with Crippen LogP contribution in [0.5, 0.6) is 0 Å². The van der Waals surface area contributed by atoms with E-state index in [4.69, 9.17) is 9.84 Å². The summed E-state index contributed by atoms with van der Waals surface area (Å²) in [6.07, 6.45) is 5.17. The first-order valence-corrected chi connectivity index (χ1v) is 7.38. The predicted octanol–water partition coefficient (Wildman–Crippen LogP) is 2.29. The summed E-state index contributed by atoms with van der Waals surface area (Å²) in [6.45, 7) is 2.52. The fourth-order valence-corrected chi connectivity index (χ4v) is 3.17. The summed E-state index contributed by atoms with van der Waals surface area (Å²) >= 11 is 0. The second-order valence-electron chi connectivity index (χ2n) is 6.07. The first-order chi connectivity index (χ1) is 9.41. The summed E-state index contributed by atoms with van der Waals surface area (Å²) in [5, 5.41) is 9.17. The summed E-state index contributed by atoms with van der Waals surface area (Å²) in [5.41, 5.74) is -0.492. The summed E-state index contributed by atoms with van der Waals surface area (Å²) in [6, 6.07) is 0. The van der Waals surface area contributed by atoms with Crippen molar-refractivity contribution in [1.29, 1.82) is 0 Å². The number of aliphatic carboxylic acids is 1. The Morgan fingerprint density at radius 2 is 1.90 bits per heavy atom. The second-order valence-corrected chi connectivity index (χ2v) is 6.07. The van der Waals surface area contributed by atoms with E-state index < -0.39 is 11.5 Å². The number of amides is 1. The summed E-state index contributed by atoms with van der Waals surface area (Å²) in [7, 11) is 3.38. The molecule has 0 radical (unpaired) electrons. The quantitative estimate of drug-likeness (QED) is 0.779. The molecule has 1 aliphatic carbocycles. The number of carbonyl (C=O) groups excluding carboxylic acids is 1. The molecule has 0 aromatic heterocycles. The Kier molecular flexibility index (Phi) is 6.46. The smallest absolute Gasteiger partial charge is 0.305 e. The van der Waals surface area contributed by atoms with Crippen molar-refractivity contribution in [3.05, 3.63) is 0 Å². The van der Waals surface area contributed by atoms with Gasteiger partial charge in [-0.05, 0) is 18.8 Å². The van der Waals surface area contributed by atoms with Gasteiger partial charge in [-0.15, -0.1) is 0 Å². The lowest BCUT2D eigenvalue weighted by atomic mass is 9.78. The van der Waals surface area contributed by atoms with E-state index in [1.807, 2.05) is 6.92 Å². The number of carboxylic acids is 1. The predicted molar refractivity (Wildman–Crippen MR) is 76.5 cm³/mol. The summed E-state index contributed by atoms with van der Waals surface area (Å²) in [5.74, 6) is -0.644. The number of rotatable bonds is 7. The van der Waals surface area contributed by atoms with Gasteiger partial charge in [0, 0.05) is 27.2 Å². The molecule has 0 aromatic carbocycles. The third-order valence-electron chi connectivity index (χ3n) is 4.32. The molecule has 1 fully saturated rings. The number of carboxylic acid groups (broad SMARTS) is 1. The van der Waals surface area contributed by atoms with Crippen LogP contribution < -0.4 is 0 Å². The van der Waals surface area contributed by atoms with Crippen LogP contribution in [0.2, 0.25) is 0 Å². The van der Waals surface area contributed by atoms with Crippen molar-refractivity contribution < 1.29 is 19.4 Å². The molecular formula is C15H27NO4. The molecule has 0 aromatic rings. The number of nitrogens with zero attached hydrogens (tertiary/aromatic N) is 1. The van der Waals surface area contributed by atoms with Crippen LogP contribution in [-0.2, 0) is 14.3 Å². The lowest BCUT2D eigenvalue weighted by molar-refractivity contribution is -0.146. The van der Waals surface area contributed by atoms with E-state index >= 15 is 0 Å². The molecule has 1 aliphatic rings. The molecule has 0 aliphatic heterocycles. The molecule has 0 spiro atoms. The largest absolute Gasteiger partial charge is 0.481 e. The Morgan fingerprint density at radius 1 is 1.30 bits per heavy atom. The first kappa shape index (κ1) is 17.0. The highest BCUT2D eigenvalue weighted by molar-refractivity contribution is 5.78. The van der Waals surface area contributed by atoms with Gasteiger partial charge >= 0.3 is 5.97 Å². The molecule has 116 valence electrons. The topological polar surface area (TPSA) is 66.8 Å². The van der Waals surface area contributed by atoms with Crippen molar-refractivity contribution >= 4 is 11.9 Å². The molecule has 1 atom stereocenters. The van der Waals surface area contributed by atoms with Gasteiger partial charge < -0.3 is 14.7 Å². The van der Waals surface area contributed by atoms with Gasteiger partial charge in [-0.2, -0.15) is 0 Å². The molecule has 5 heteroatoms. The molecule has 1 unspecified atom stereocenters. The van der Waals surface area contributed by atoms with Crippen molar-refractivity contribution in [3.8, 4) is 0 Å². The van der Waals surface area contributed by atoms with Crippen molar-refractivity contribution in [2.45, 2.75) is 57.4 Å². The number of hydrogen-bond acceptors (Lipinski definition) is 3. The van der Waals surface area contributed by atoms with Crippen LogP contribution in [0.25, 0.3) is 0 Å². The highest BCUT2D eigenvalue weighted by Crippen LogP contribution is 2.36. The molecule has 20 heavy (non-hydrogen) atoms. The Balaban J connectivity index is 2.74. The minimum absolute atomic E-state index is 0.0256. The minimum atomic E-state index is -0.823. The van der Waals surface area contributed by atoms with E-state index in [2.05, 4.69) is 0 Å². The molecule has 1 rings (SSSR count). The van der Waals surface area contributed by atoms with Crippen molar-refractivity contribution in [2.24, 2.45) is 5.92 Å². The average molecular weight is 285 g/mol. The summed E-state index contributed by atoms with van der Waals surface area (Å²) < 4.78 is 5.05. The van der Waals surface area contributed by atoms with E-state index in [1.165, 1.54) is 0 Å². The minimum Gasteiger partial charge on any atom is -0.481 e. The zero-order valence-electron chi connectivity index (χ0n) is 12.9. The van der Waals surface area contributed by atoms with Crippen LogP contribution in [-0.4, -0.2) is 48.2 Å². The van der Waals surface area contributed by atoms with E-state index in [0.717, 1.165) is 32.1 Å². The lowest BCUT2D eigenvalue weighted by Gasteiger charge is -2.44. The van der Waals surface area contributed by atoms with Crippen molar-refractivity contribution in [3.63, 3.8) is 0 Å². The van der Waals surface area contributed by atoms with Gasteiger partial charge in [0.05, 0.1) is 12.0 Å². The normalized spacial score (nSPS) is 19.4. The standard InChI is InChI=1S/C15H27NO4/c1-12(11-20-3)9-13(17)16(2)15(10-14(18)19)7-5-4-6-8-15/h12H,4-11H2,1-3H3,(H,18,19). The Hall–Kier alpha value is -1.10.